The molecular weight excluding hydrogens is 401 g/mol. The Hall–Kier alpha value is -0.820. The molecule has 0 radical (unpaired) electrons. The zero-order valence-electron chi connectivity index (χ0n) is 15.3. The first kappa shape index (κ1) is 22.2. The van der Waals surface area contributed by atoms with Crippen LogP contribution in [0.3, 0.4) is 0 Å². The highest BCUT2D eigenvalue weighted by Gasteiger charge is 2.11. The SMILES string of the molecule is CCNC(=NCc1ccc(COC(C)C)cc1)NC(C)(C)C.I. The van der Waals surface area contributed by atoms with Crippen LogP contribution in [0.5, 0.6) is 0 Å². The fourth-order valence-corrected chi connectivity index (χ4v) is 1.84. The van der Waals surface area contributed by atoms with E-state index in [0.29, 0.717) is 13.2 Å². The number of benzene rings is 1. The van der Waals surface area contributed by atoms with Gasteiger partial charge in [0.25, 0.3) is 0 Å². The van der Waals surface area contributed by atoms with Crippen LogP contribution in [-0.4, -0.2) is 24.1 Å². The van der Waals surface area contributed by atoms with Gasteiger partial charge >= 0.3 is 0 Å². The van der Waals surface area contributed by atoms with Gasteiger partial charge in [0.2, 0.25) is 0 Å². The number of hydrogen-bond acceptors (Lipinski definition) is 2. The van der Waals surface area contributed by atoms with E-state index in [0.717, 1.165) is 12.5 Å². The fourth-order valence-electron chi connectivity index (χ4n) is 1.84. The number of ether oxygens (including phenoxy) is 1. The molecule has 1 aromatic carbocycles. The quantitative estimate of drug-likeness (QED) is 0.404. The van der Waals surface area contributed by atoms with Gasteiger partial charge in [-0.2, -0.15) is 0 Å². The van der Waals surface area contributed by atoms with Crippen LogP contribution in [0, 0.1) is 0 Å². The minimum Gasteiger partial charge on any atom is -0.374 e. The first-order valence-corrected chi connectivity index (χ1v) is 8.06. The molecule has 0 unspecified atom stereocenters. The monoisotopic (exact) mass is 433 g/mol. The number of nitrogens with one attached hydrogen (secondary N) is 2. The van der Waals surface area contributed by atoms with Crippen molar-refractivity contribution in [2.45, 2.75) is 66.3 Å². The highest BCUT2D eigenvalue weighted by atomic mass is 127. The summed E-state index contributed by atoms with van der Waals surface area (Å²) in [6.45, 7) is 14.7. The second kappa shape index (κ2) is 10.9. The van der Waals surface area contributed by atoms with Gasteiger partial charge in [-0.05, 0) is 52.7 Å². The van der Waals surface area contributed by atoms with Crippen molar-refractivity contribution in [2.24, 2.45) is 4.99 Å². The number of halogens is 1. The summed E-state index contributed by atoms with van der Waals surface area (Å²) in [5.74, 6) is 0.849. The van der Waals surface area contributed by atoms with Crippen molar-refractivity contribution in [3.8, 4) is 0 Å². The lowest BCUT2D eigenvalue weighted by Crippen LogP contribution is -2.47. The molecule has 2 N–H and O–H groups in total. The topological polar surface area (TPSA) is 45.7 Å². The van der Waals surface area contributed by atoms with Crippen LogP contribution < -0.4 is 10.6 Å². The molecule has 0 aliphatic rings. The maximum atomic E-state index is 5.61. The Bertz CT molecular complexity index is 464. The maximum absolute atomic E-state index is 5.61. The Kier molecular flexibility index (Phi) is 10.5. The van der Waals surface area contributed by atoms with Gasteiger partial charge in [-0.15, -0.1) is 24.0 Å². The van der Waals surface area contributed by atoms with Gasteiger partial charge in [-0.3, -0.25) is 0 Å². The Morgan fingerprint density at radius 3 is 2.17 bits per heavy atom. The van der Waals surface area contributed by atoms with E-state index in [1.165, 1.54) is 11.1 Å². The van der Waals surface area contributed by atoms with Crippen LogP contribution in [0.15, 0.2) is 29.3 Å². The molecule has 0 spiro atoms. The highest BCUT2D eigenvalue weighted by molar-refractivity contribution is 14.0. The number of hydrogen-bond donors (Lipinski definition) is 2. The molecule has 5 heteroatoms. The minimum atomic E-state index is -0.000947. The first-order valence-electron chi connectivity index (χ1n) is 8.06. The van der Waals surface area contributed by atoms with Crippen molar-refractivity contribution in [1.82, 2.24) is 10.6 Å². The van der Waals surface area contributed by atoms with Crippen molar-refractivity contribution >= 4 is 29.9 Å². The molecule has 0 fully saturated rings. The predicted molar refractivity (Wildman–Crippen MR) is 109 cm³/mol. The lowest BCUT2D eigenvalue weighted by molar-refractivity contribution is 0.0657. The Morgan fingerprint density at radius 2 is 1.70 bits per heavy atom. The second-order valence-electron chi connectivity index (χ2n) is 6.75. The van der Waals surface area contributed by atoms with Crippen LogP contribution in [0.1, 0.15) is 52.7 Å². The third-order valence-electron chi connectivity index (χ3n) is 2.86. The van der Waals surface area contributed by atoms with Crippen LogP contribution in [0.25, 0.3) is 0 Å². The van der Waals surface area contributed by atoms with Crippen molar-refractivity contribution in [3.05, 3.63) is 35.4 Å². The molecule has 0 saturated heterocycles. The first-order chi connectivity index (χ1) is 10.3. The van der Waals surface area contributed by atoms with Gasteiger partial charge in [0.05, 0.1) is 19.3 Å². The normalized spacial score (nSPS) is 12.0. The maximum Gasteiger partial charge on any atom is 0.191 e. The number of aliphatic imine (C=N–C) groups is 1. The summed E-state index contributed by atoms with van der Waals surface area (Å²) in [5.41, 5.74) is 2.39. The summed E-state index contributed by atoms with van der Waals surface area (Å²) in [6.07, 6.45) is 0.260. The fraction of sp³-hybridized carbons (Fsp3) is 0.611. The Morgan fingerprint density at radius 1 is 1.13 bits per heavy atom. The van der Waals surface area contributed by atoms with E-state index in [4.69, 9.17) is 4.74 Å². The van der Waals surface area contributed by atoms with Gasteiger partial charge in [-0.1, -0.05) is 24.3 Å². The van der Waals surface area contributed by atoms with E-state index in [2.05, 4.69) is 67.6 Å². The summed E-state index contributed by atoms with van der Waals surface area (Å²) in [5, 5.41) is 6.66. The summed E-state index contributed by atoms with van der Waals surface area (Å²) in [6, 6.07) is 8.45. The standard InChI is InChI=1S/C18H31N3O.HI/c1-7-19-17(21-18(4,5)6)20-12-15-8-10-16(11-9-15)13-22-14(2)3;/h8-11,14H,7,12-13H2,1-6H3,(H2,19,20,21);1H. The molecule has 0 atom stereocenters. The molecule has 1 aromatic rings. The van der Waals surface area contributed by atoms with E-state index in [1.54, 1.807) is 0 Å². The number of nitrogens with zero attached hydrogens (tertiary/aromatic N) is 1. The average molecular weight is 433 g/mol. The third kappa shape index (κ3) is 10.5. The van der Waals surface area contributed by atoms with Gasteiger partial charge in [0.15, 0.2) is 5.96 Å². The van der Waals surface area contributed by atoms with E-state index in [9.17, 15) is 0 Å². The van der Waals surface area contributed by atoms with E-state index in [1.807, 2.05) is 13.8 Å². The van der Waals surface area contributed by atoms with Gasteiger partial charge in [-0.25, -0.2) is 4.99 Å². The summed E-state index contributed by atoms with van der Waals surface area (Å²) < 4.78 is 5.61. The smallest absolute Gasteiger partial charge is 0.191 e. The van der Waals surface area contributed by atoms with Crippen molar-refractivity contribution in [2.75, 3.05) is 6.54 Å². The van der Waals surface area contributed by atoms with E-state index < -0.39 is 0 Å². The van der Waals surface area contributed by atoms with E-state index in [-0.39, 0.29) is 35.6 Å². The number of guanidine groups is 1. The van der Waals surface area contributed by atoms with Gasteiger partial charge in [0, 0.05) is 12.1 Å². The second-order valence-corrected chi connectivity index (χ2v) is 6.75. The molecule has 0 saturated carbocycles. The molecular formula is C18H32IN3O. The molecule has 0 aliphatic carbocycles. The lowest BCUT2D eigenvalue weighted by Gasteiger charge is -2.23. The molecule has 0 aliphatic heterocycles. The molecule has 0 bridgehead atoms. The Labute approximate surface area is 158 Å². The molecule has 0 heterocycles. The summed E-state index contributed by atoms with van der Waals surface area (Å²) >= 11 is 0. The largest absolute Gasteiger partial charge is 0.374 e. The van der Waals surface area contributed by atoms with Crippen LogP contribution in [0.2, 0.25) is 0 Å². The molecule has 0 aromatic heterocycles. The molecule has 132 valence electrons. The number of rotatable bonds is 6. The van der Waals surface area contributed by atoms with Crippen molar-refractivity contribution < 1.29 is 4.74 Å². The van der Waals surface area contributed by atoms with Crippen LogP contribution in [-0.2, 0) is 17.9 Å². The van der Waals surface area contributed by atoms with Gasteiger partial charge in [0.1, 0.15) is 0 Å². The molecule has 23 heavy (non-hydrogen) atoms. The zero-order chi connectivity index (χ0) is 16.6. The highest BCUT2D eigenvalue weighted by Crippen LogP contribution is 2.08. The van der Waals surface area contributed by atoms with Gasteiger partial charge < -0.3 is 15.4 Å². The lowest BCUT2D eigenvalue weighted by atomic mass is 10.1. The van der Waals surface area contributed by atoms with Crippen molar-refractivity contribution in [1.29, 1.82) is 0 Å². The zero-order valence-corrected chi connectivity index (χ0v) is 17.6. The van der Waals surface area contributed by atoms with Crippen LogP contribution >= 0.6 is 24.0 Å². The average Bonchev–Trinajstić information content (AvgIpc) is 2.42. The predicted octanol–water partition coefficient (Wildman–Crippen LogP) is 4.08. The molecule has 4 nitrogen and oxygen atoms in total. The van der Waals surface area contributed by atoms with Crippen LogP contribution in [0.4, 0.5) is 0 Å². The van der Waals surface area contributed by atoms with Crippen molar-refractivity contribution in [3.63, 3.8) is 0 Å². The molecule has 1 rings (SSSR count). The molecule has 0 amide bonds. The van der Waals surface area contributed by atoms with E-state index >= 15 is 0 Å². The summed E-state index contributed by atoms with van der Waals surface area (Å²) in [4.78, 5) is 4.64. The minimum absolute atomic E-state index is 0. The Balaban J connectivity index is 0.00000484. The third-order valence-corrected chi connectivity index (χ3v) is 2.86. The summed E-state index contributed by atoms with van der Waals surface area (Å²) in [7, 11) is 0.